The van der Waals surface area contributed by atoms with E-state index in [4.69, 9.17) is 27.9 Å². The van der Waals surface area contributed by atoms with Gasteiger partial charge in [0.25, 0.3) is 5.91 Å². The Morgan fingerprint density at radius 2 is 1.62 bits per heavy atom. The van der Waals surface area contributed by atoms with Crippen molar-refractivity contribution in [1.29, 1.82) is 0 Å². The van der Waals surface area contributed by atoms with Gasteiger partial charge in [0.05, 0.1) is 10.0 Å². The van der Waals surface area contributed by atoms with E-state index in [1.165, 1.54) is 10.5 Å². The fourth-order valence-electron chi connectivity index (χ4n) is 3.07. The van der Waals surface area contributed by atoms with Crippen LogP contribution in [0.1, 0.15) is 58.6 Å². The van der Waals surface area contributed by atoms with E-state index < -0.39 is 11.6 Å². The summed E-state index contributed by atoms with van der Waals surface area (Å²) in [5.41, 5.74) is 1.54. The Kier molecular flexibility index (Phi) is 8.99. The quantitative estimate of drug-likeness (QED) is 0.519. The second-order valence-corrected chi connectivity index (χ2v) is 10.0. The molecule has 0 aliphatic carbocycles. The van der Waals surface area contributed by atoms with Crippen LogP contribution in [-0.4, -0.2) is 34.9 Å². The first-order chi connectivity index (χ1) is 14.9. The van der Waals surface area contributed by atoms with Crippen LogP contribution in [0, 0.1) is 0 Å². The summed E-state index contributed by atoms with van der Waals surface area (Å²) in [4.78, 5) is 27.4. The standard InChI is InChI=1S/C25H32Cl2N2O3/c1-16(2)19-8-10-20(11-9-19)32-15-23(30)29(17(3)24(31)28-25(4,5)6)14-18-7-12-21(26)22(27)13-18/h7-13,16-17H,14-15H2,1-6H3,(H,28,31). The molecule has 0 saturated heterocycles. The Morgan fingerprint density at radius 1 is 1.00 bits per heavy atom. The van der Waals surface area contributed by atoms with E-state index in [1.807, 2.05) is 45.0 Å². The third kappa shape index (κ3) is 7.72. The molecular weight excluding hydrogens is 447 g/mol. The van der Waals surface area contributed by atoms with Crippen molar-refractivity contribution in [3.05, 3.63) is 63.6 Å². The van der Waals surface area contributed by atoms with Crippen LogP contribution in [0.5, 0.6) is 5.75 Å². The van der Waals surface area contributed by atoms with Gasteiger partial charge in [0.2, 0.25) is 5.91 Å². The van der Waals surface area contributed by atoms with Crippen LogP contribution in [-0.2, 0) is 16.1 Å². The minimum absolute atomic E-state index is 0.185. The molecule has 32 heavy (non-hydrogen) atoms. The molecule has 1 unspecified atom stereocenters. The van der Waals surface area contributed by atoms with E-state index >= 15 is 0 Å². The van der Waals surface area contributed by atoms with Crippen molar-refractivity contribution in [3.8, 4) is 5.75 Å². The van der Waals surface area contributed by atoms with Crippen LogP contribution < -0.4 is 10.1 Å². The first kappa shape index (κ1) is 26.0. The molecule has 0 radical (unpaired) electrons. The average molecular weight is 479 g/mol. The van der Waals surface area contributed by atoms with E-state index in [1.54, 1.807) is 25.1 Å². The second kappa shape index (κ2) is 11.1. The third-order valence-corrected chi connectivity index (χ3v) is 5.65. The number of carbonyl (C=O) groups is 2. The molecule has 0 aliphatic heterocycles. The topological polar surface area (TPSA) is 58.6 Å². The Labute approximate surface area is 201 Å². The highest BCUT2D eigenvalue weighted by Gasteiger charge is 2.28. The summed E-state index contributed by atoms with van der Waals surface area (Å²) in [6.45, 7) is 11.6. The molecule has 0 aromatic heterocycles. The van der Waals surface area contributed by atoms with Crippen LogP contribution >= 0.6 is 23.2 Å². The van der Waals surface area contributed by atoms with Crippen LogP contribution in [0.25, 0.3) is 0 Å². The molecule has 2 amide bonds. The molecule has 0 bridgehead atoms. The lowest BCUT2D eigenvalue weighted by Gasteiger charge is -2.31. The number of halogens is 2. The van der Waals surface area contributed by atoms with Gasteiger partial charge in [-0.15, -0.1) is 0 Å². The maximum absolute atomic E-state index is 13.1. The molecule has 2 rings (SSSR count). The van der Waals surface area contributed by atoms with Crippen molar-refractivity contribution in [2.24, 2.45) is 0 Å². The van der Waals surface area contributed by atoms with Gasteiger partial charge in [-0.25, -0.2) is 0 Å². The van der Waals surface area contributed by atoms with Crippen LogP contribution in [0.3, 0.4) is 0 Å². The van der Waals surface area contributed by atoms with Gasteiger partial charge >= 0.3 is 0 Å². The average Bonchev–Trinajstić information content (AvgIpc) is 2.71. The van der Waals surface area contributed by atoms with E-state index in [2.05, 4.69) is 19.2 Å². The van der Waals surface area contributed by atoms with Gasteiger partial charge in [-0.05, 0) is 69.0 Å². The number of amides is 2. The summed E-state index contributed by atoms with van der Waals surface area (Å²) in [6.07, 6.45) is 0. The first-order valence-corrected chi connectivity index (χ1v) is 11.4. The van der Waals surface area contributed by atoms with Crippen LogP contribution in [0.2, 0.25) is 10.0 Å². The molecule has 0 heterocycles. The Hall–Kier alpha value is -2.24. The van der Waals surface area contributed by atoms with Crippen molar-refractivity contribution >= 4 is 35.0 Å². The molecule has 7 heteroatoms. The van der Waals surface area contributed by atoms with Crippen molar-refractivity contribution in [2.45, 2.75) is 65.6 Å². The fraction of sp³-hybridized carbons (Fsp3) is 0.440. The largest absolute Gasteiger partial charge is 0.484 e. The van der Waals surface area contributed by atoms with E-state index in [0.717, 1.165) is 5.56 Å². The third-order valence-electron chi connectivity index (χ3n) is 4.91. The van der Waals surface area contributed by atoms with E-state index in [0.29, 0.717) is 21.7 Å². The summed E-state index contributed by atoms with van der Waals surface area (Å²) in [7, 11) is 0. The zero-order valence-corrected chi connectivity index (χ0v) is 21.1. The number of rotatable bonds is 8. The summed E-state index contributed by atoms with van der Waals surface area (Å²) >= 11 is 12.2. The predicted molar refractivity (Wildman–Crippen MR) is 130 cm³/mol. The highest BCUT2D eigenvalue weighted by Crippen LogP contribution is 2.24. The minimum Gasteiger partial charge on any atom is -0.484 e. The second-order valence-electron chi connectivity index (χ2n) is 9.20. The number of nitrogens with one attached hydrogen (secondary N) is 1. The summed E-state index contributed by atoms with van der Waals surface area (Å²) in [5.74, 6) is 0.464. The fourth-order valence-corrected chi connectivity index (χ4v) is 3.39. The normalized spacial score (nSPS) is 12.4. The van der Waals surface area contributed by atoms with Gasteiger partial charge < -0.3 is 15.0 Å². The van der Waals surface area contributed by atoms with E-state index in [-0.39, 0.29) is 25.0 Å². The maximum Gasteiger partial charge on any atom is 0.261 e. The Morgan fingerprint density at radius 3 is 2.16 bits per heavy atom. The highest BCUT2D eigenvalue weighted by molar-refractivity contribution is 6.42. The van der Waals surface area contributed by atoms with Crippen LogP contribution in [0.15, 0.2) is 42.5 Å². The van der Waals surface area contributed by atoms with Gasteiger partial charge in [-0.1, -0.05) is 55.2 Å². The number of hydrogen-bond acceptors (Lipinski definition) is 3. The van der Waals surface area contributed by atoms with E-state index in [9.17, 15) is 9.59 Å². The highest BCUT2D eigenvalue weighted by atomic mass is 35.5. The zero-order chi connectivity index (χ0) is 24.1. The molecule has 0 spiro atoms. The molecule has 0 saturated carbocycles. The van der Waals surface area contributed by atoms with Crippen molar-refractivity contribution < 1.29 is 14.3 Å². The number of hydrogen-bond donors (Lipinski definition) is 1. The minimum atomic E-state index is -0.705. The van der Waals surface area contributed by atoms with Crippen molar-refractivity contribution in [3.63, 3.8) is 0 Å². The lowest BCUT2D eigenvalue weighted by molar-refractivity contribution is -0.142. The molecule has 5 nitrogen and oxygen atoms in total. The summed E-state index contributed by atoms with van der Waals surface area (Å²) in [5, 5.41) is 3.75. The monoisotopic (exact) mass is 478 g/mol. The molecule has 1 N–H and O–H groups in total. The molecule has 174 valence electrons. The molecule has 0 fully saturated rings. The SMILES string of the molecule is CC(C)c1ccc(OCC(=O)N(Cc2ccc(Cl)c(Cl)c2)C(C)C(=O)NC(C)(C)C)cc1. The van der Waals surface area contributed by atoms with Crippen molar-refractivity contribution in [1.82, 2.24) is 10.2 Å². The zero-order valence-electron chi connectivity index (χ0n) is 19.5. The first-order valence-electron chi connectivity index (χ1n) is 10.7. The molecular formula is C25H32Cl2N2O3. The summed E-state index contributed by atoms with van der Waals surface area (Å²) in [6, 6.07) is 12.1. The van der Waals surface area contributed by atoms with Gasteiger partial charge in [-0.2, -0.15) is 0 Å². The van der Waals surface area contributed by atoms with Crippen molar-refractivity contribution in [2.75, 3.05) is 6.61 Å². The predicted octanol–water partition coefficient (Wildman–Crippen LogP) is 5.83. The van der Waals surface area contributed by atoms with Gasteiger partial charge in [-0.3, -0.25) is 9.59 Å². The number of nitrogens with zero attached hydrogens (tertiary/aromatic N) is 1. The Balaban J connectivity index is 2.18. The van der Waals surface area contributed by atoms with Gasteiger partial charge in [0, 0.05) is 12.1 Å². The number of carbonyl (C=O) groups excluding carboxylic acids is 2. The number of benzene rings is 2. The Bertz CT molecular complexity index is 937. The molecule has 2 aromatic carbocycles. The maximum atomic E-state index is 13.1. The molecule has 2 aromatic rings. The van der Waals surface area contributed by atoms with Gasteiger partial charge in [0.15, 0.2) is 6.61 Å². The van der Waals surface area contributed by atoms with Crippen LogP contribution in [0.4, 0.5) is 0 Å². The lowest BCUT2D eigenvalue weighted by atomic mass is 10.0. The van der Waals surface area contributed by atoms with Gasteiger partial charge in [0.1, 0.15) is 11.8 Å². The number of ether oxygens (including phenoxy) is 1. The lowest BCUT2D eigenvalue weighted by Crippen LogP contribution is -2.53. The molecule has 0 aliphatic rings. The summed E-state index contributed by atoms with van der Waals surface area (Å²) < 4.78 is 5.72. The molecule has 1 atom stereocenters. The smallest absolute Gasteiger partial charge is 0.261 e.